The van der Waals surface area contributed by atoms with Gasteiger partial charge in [0.25, 0.3) is 0 Å². The van der Waals surface area contributed by atoms with Crippen LogP contribution in [0.2, 0.25) is 0 Å². The molecule has 0 saturated carbocycles. The molecule has 1 fully saturated rings. The number of anilines is 2. The number of ether oxygens (including phenoxy) is 1. The molecular weight excluding hydrogens is 402 g/mol. The molecule has 6 heteroatoms. The van der Waals surface area contributed by atoms with E-state index in [0.29, 0.717) is 13.1 Å². The fourth-order valence-electron chi connectivity index (χ4n) is 5.05. The molecule has 0 unspecified atom stereocenters. The van der Waals surface area contributed by atoms with Crippen LogP contribution in [0.4, 0.5) is 16.2 Å². The molecule has 32 heavy (non-hydrogen) atoms. The van der Waals surface area contributed by atoms with E-state index in [1.165, 1.54) is 0 Å². The summed E-state index contributed by atoms with van der Waals surface area (Å²) in [6, 6.07) is 25.6. The van der Waals surface area contributed by atoms with Crippen molar-refractivity contribution in [3.05, 3.63) is 90.0 Å². The SMILES string of the molecule is COc1ccc(CN2[C@@H](CO)[C@@H]3c4ccccc4N(C(=O)Nc4ccccc4)C[C@@H]32)cc1. The Labute approximate surface area is 188 Å². The van der Waals surface area contributed by atoms with Crippen molar-refractivity contribution in [1.29, 1.82) is 0 Å². The van der Waals surface area contributed by atoms with E-state index in [-0.39, 0.29) is 30.6 Å². The molecule has 2 heterocycles. The topological polar surface area (TPSA) is 65.0 Å². The number of methoxy groups -OCH3 is 1. The molecule has 0 spiro atoms. The van der Waals surface area contributed by atoms with Gasteiger partial charge < -0.3 is 15.2 Å². The molecule has 3 atom stereocenters. The first-order valence-corrected chi connectivity index (χ1v) is 10.9. The van der Waals surface area contributed by atoms with Gasteiger partial charge in [-0.15, -0.1) is 0 Å². The number of nitrogens with one attached hydrogen (secondary N) is 1. The summed E-state index contributed by atoms with van der Waals surface area (Å²) < 4.78 is 5.27. The van der Waals surface area contributed by atoms with Gasteiger partial charge in [0, 0.05) is 42.5 Å². The highest BCUT2D eigenvalue weighted by Gasteiger charge is 2.53. The third-order valence-corrected chi connectivity index (χ3v) is 6.62. The van der Waals surface area contributed by atoms with E-state index in [4.69, 9.17) is 4.74 Å². The van der Waals surface area contributed by atoms with E-state index in [2.05, 4.69) is 28.4 Å². The lowest BCUT2D eigenvalue weighted by Crippen LogP contribution is -2.69. The number of fused-ring (bicyclic) bond motifs is 3. The summed E-state index contributed by atoms with van der Waals surface area (Å²) in [5.41, 5.74) is 3.97. The molecule has 0 aliphatic carbocycles. The Balaban J connectivity index is 1.41. The Morgan fingerprint density at radius 2 is 1.75 bits per heavy atom. The first kappa shape index (κ1) is 20.5. The molecule has 3 aromatic carbocycles. The molecular formula is C26H27N3O3. The first-order valence-electron chi connectivity index (χ1n) is 10.9. The second-order valence-electron chi connectivity index (χ2n) is 8.33. The van der Waals surface area contributed by atoms with Crippen molar-refractivity contribution in [3.8, 4) is 5.75 Å². The van der Waals surface area contributed by atoms with Crippen molar-refractivity contribution < 1.29 is 14.6 Å². The van der Waals surface area contributed by atoms with Crippen molar-refractivity contribution in [2.24, 2.45) is 0 Å². The largest absolute Gasteiger partial charge is 0.497 e. The van der Waals surface area contributed by atoms with Gasteiger partial charge in [-0.05, 0) is 41.5 Å². The summed E-state index contributed by atoms with van der Waals surface area (Å²) in [6.45, 7) is 1.38. The molecule has 6 nitrogen and oxygen atoms in total. The van der Waals surface area contributed by atoms with Crippen LogP contribution < -0.4 is 15.0 Å². The lowest BCUT2D eigenvalue weighted by atomic mass is 9.72. The van der Waals surface area contributed by atoms with Crippen LogP contribution in [0.5, 0.6) is 5.75 Å². The number of carbonyl (C=O) groups excluding carboxylic acids is 1. The normalized spacial score (nSPS) is 21.8. The summed E-state index contributed by atoms with van der Waals surface area (Å²) >= 11 is 0. The van der Waals surface area contributed by atoms with Gasteiger partial charge in [-0.3, -0.25) is 9.80 Å². The minimum Gasteiger partial charge on any atom is -0.497 e. The van der Waals surface area contributed by atoms with Crippen LogP contribution >= 0.6 is 0 Å². The highest BCUT2D eigenvalue weighted by molar-refractivity contribution is 6.02. The van der Waals surface area contributed by atoms with Crippen LogP contribution in [0.1, 0.15) is 17.0 Å². The van der Waals surface area contributed by atoms with Gasteiger partial charge in [0.1, 0.15) is 5.75 Å². The lowest BCUT2D eigenvalue weighted by molar-refractivity contribution is -0.0484. The van der Waals surface area contributed by atoms with Crippen molar-refractivity contribution in [2.75, 3.05) is 30.5 Å². The predicted octanol–water partition coefficient (Wildman–Crippen LogP) is 4.08. The summed E-state index contributed by atoms with van der Waals surface area (Å²) in [5, 5.41) is 13.2. The zero-order valence-corrected chi connectivity index (χ0v) is 18.0. The zero-order valence-electron chi connectivity index (χ0n) is 18.0. The Hall–Kier alpha value is -3.35. The van der Waals surface area contributed by atoms with E-state index >= 15 is 0 Å². The summed E-state index contributed by atoms with van der Waals surface area (Å²) in [6.07, 6.45) is 0. The van der Waals surface area contributed by atoms with Gasteiger partial charge in [0.05, 0.1) is 13.7 Å². The Bertz CT molecular complexity index is 1090. The quantitative estimate of drug-likeness (QED) is 0.642. The Morgan fingerprint density at radius 3 is 2.47 bits per heavy atom. The molecule has 2 aliphatic heterocycles. The number of para-hydroxylation sites is 2. The average Bonchev–Trinajstić information content (AvgIpc) is 2.83. The first-order chi connectivity index (χ1) is 15.7. The van der Waals surface area contributed by atoms with Gasteiger partial charge in [-0.25, -0.2) is 4.79 Å². The molecule has 2 aliphatic rings. The van der Waals surface area contributed by atoms with Crippen molar-refractivity contribution in [2.45, 2.75) is 24.5 Å². The van der Waals surface area contributed by atoms with Gasteiger partial charge in [0.15, 0.2) is 0 Å². The molecule has 0 aromatic heterocycles. The maximum Gasteiger partial charge on any atom is 0.326 e. The summed E-state index contributed by atoms with van der Waals surface area (Å²) in [4.78, 5) is 17.4. The van der Waals surface area contributed by atoms with Crippen molar-refractivity contribution in [3.63, 3.8) is 0 Å². The second kappa shape index (κ2) is 8.65. The zero-order chi connectivity index (χ0) is 22.1. The number of nitrogens with zero attached hydrogens (tertiary/aromatic N) is 2. The van der Waals surface area contributed by atoms with E-state index in [1.807, 2.05) is 65.6 Å². The van der Waals surface area contributed by atoms with Crippen LogP contribution in [0.25, 0.3) is 0 Å². The third kappa shape index (κ3) is 3.61. The number of rotatable bonds is 5. The minimum atomic E-state index is -0.140. The molecule has 0 bridgehead atoms. The standard InChI is InChI=1S/C26H27N3O3/c1-32-20-13-11-18(12-14-20)15-28-23-16-29(26(31)27-19-7-3-2-4-8-19)22-10-6-5-9-21(22)25(23)24(28)17-30/h2-14,23-25,30H,15-17H2,1H3,(H,27,31)/t23-,24-,25+/m0/s1. The number of aliphatic hydroxyl groups is 1. The highest BCUT2D eigenvalue weighted by Crippen LogP contribution is 2.48. The maximum absolute atomic E-state index is 13.2. The predicted molar refractivity (Wildman–Crippen MR) is 125 cm³/mol. The number of urea groups is 1. The van der Waals surface area contributed by atoms with Crippen LogP contribution in [-0.4, -0.2) is 48.4 Å². The van der Waals surface area contributed by atoms with E-state index in [9.17, 15) is 9.90 Å². The molecule has 2 N–H and O–H groups in total. The highest BCUT2D eigenvalue weighted by atomic mass is 16.5. The van der Waals surface area contributed by atoms with Gasteiger partial charge in [-0.2, -0.15) is 0 Å². The van der Waals surface area contributed by atoms with E-state index < -0.39 is 0 Å². The number of carbonyl (C=O) groups is 1. The van der Waals surface area contributed by atoms with Crippen LogP contribution in [0, 0.1) is 0 Å². The molecule has 164 valence electrons. The molecule has 1 saturated heterocycles. The van der Waals surface area contributed by atoms with Gasteiger partial charge in [-0.1, -0.05) is 48.5 Å². The number of hydrogen-bond donors (Lipinski definition) is 2. The monoisotopic (exact) mass is 429 g/mol. The molecule has 0 radical (unpaired) electrons. The fourth-order valence-corrected chi connectivity index (χ4v) is 5.05. The average molecular weight is 430 g/mol. The Kier molecular flexibility index (Phi) is 5.55. The smallest absolute Gasteiger partial charge is 0.326 e. The summed E-state index contributed by atoms with van der Waals surface area (Å²) in [5.74, 6) is 1.03. The summed E-state index contributed by atoms with van der Waals surface area (Å²) in [7, 11) is 1.66. The number of likely N-dealkylation sites (tertiary alicyclic amines) is 1. The lowest BCUT2D eigenvalue weighted by Gasteiger charge is -2.59. The van der Waals surface area contributed by atoms with Gasteiger partial charge >= 0.3 is 6.03 Å². The van der Waals surface area contributed by atoms with E-state index in [0.717, 1.165) is 28.3 Å². The van der Waals surface area contributed by atoms with Gasteiger partial charge in [0.2, 0.25) is 0 Å². The van der Waals surface area contributed by atoms with E-state index in [1.54, 1.807) is 7.11 Å². The number of amides is 2. The molecule has 2 amide bonds. The second-order valence-corrected chi connectivity index (χ2v) is 8.33. The molecule has 3 aromatic rings. The Morgan fingerprint density at radius 1 is 1.03 bits per heavy atom. The maximum atomic E-state index is 13.2. The van der Waals surface area contributed by atoms with Crippen molar-refractivity contribution in [1.82, 2.24) is 4.90 Å². The van der Waals surface area contributed by atoms with Crippen LogP contribution in [0.15, 0.2) is 78.9 Å². The number of aliphatic hydroxyl groups excluding tert-OH is 1. The number of hydrogen-bond acceptors (Lipinski definition) is 4. The van der Waals surface area contributed by atoms with Crippen LogP contribution in [-0.2, 0) is 6.54 Å². The minimum absolute atomic E-state index is 0.0302. The number of benzene rings is 3. The van der Waals surface area contributed by atoms with Crippen LogP contribution in [0.3, 0.4) is 0 Å². The molecule has 5 rings (SSSR count). The fraction of sp³-hybridized carbons (Fsp3) is 0.269. The third-order valence-electron chi connectivity index (χ3n) is 6.62. The van der Waals surface area contributed by atoms with Crippen molar-refractivity contribution >= 4 is 17.4 Å².